The van der Waals surface area contributed by atoms with Crippen molar-refractivity contribution in [2.75, 3.05) is 13.2 Å². The molecule has 0 aromatic carbocycles. The normalized spacial score (nSPS) is 28.2. The van der Waals surface area contributed by atoms with Gasteiger partial charge < -0.3 is 9.59 Å². The van der Waals surface area contributed by atoms with Crippen molar-refractivity contribution in [2.45, 2.75) is 57.8 Å². The molecule has 0 heterocycles. The van der Waals surface area contributed by atoms with E-state index in [0.29, 0.717) is 51.1 Å². The lowest BCUT2D eigenvalue weighted by atomic mass is 9.52. The highest BCUT2D eigenvalue weighted by Crippen LogP contribution is 2.55. The smallest absolute Gasteiger partial charge is 0.250 e. The topological polar surface area (TPSA) is 145 Å². The molecule has 0 radical (unpaired) electrons. The zero-order chi connectivity index (χ0) is 25.9. The van der Waals surface area contributed by atoms with Crippen molar-refractivity contribution in [1.82, 2.24) is 11.0 Å². The van der Waals surface area contributed by atoms with Crippen LogP contribution in [0.15, 0.2) is 25.3 Å². The Balaban J connectivity index is 2.63. The maximum Gasteiger partial charge on any atom is 0.250 e. The van der Waals surface area contributed by atoms with Crippen LogP contribution in [0.4, 0.5) is 0 Å². The largest absolute Gasteiger partial charge is 0.301 e. The second-order valence-electron chi connectivity index (χ2n) is 9.12. The van der Waals surface area contributed by atoms with Crippen LogP contribution in [0.5, 0.6) is 0 Å². The minimum Gasteiger partial charge on any atom is -0.301 e. The molecule has 0 aromatic rings. The molecule has 4 atom stereocenters. The Labute approximate surface area is 204 Å². The molecule has 2 rings (SSSR count). The minimum atomic E-state index is -1.40. The van der Waals surface area contributed by atoms with Crippen molar-refractivity contribution in [2.24, 2.45) is 22.7 Å². The summed E-state index contributed by atoms with van der Waals surface area (Å²) in [5, 5.41) is 0. The minimum absolute atomic E-state index is 0.124. The third-order valence-corrected chi connectivity index (χ3v) is 7.32. The van der Waals surface area contributed by atoms with Crippen LogP contribution in [-0.4, -0.2) is 49.2 Å². The van der Waals surface area contributed by atoms with E-state index >= 15 is 0 Å². The van der Waals surface area contributed by atoms with E-state index in [0.717, 1.165) is 12.2 Å². The van der Waals surface area contributed by atoms with Gasteiger partial charge in [-0.2, -0.15) is 0 Å². The van der Waals surface area contributed by atoms with Crippen LogP contribution in [0.3, 0.4) is 0 Å². The van der Waals surface area contributed by atoms with Crippen LogP contribution in [0.25, 0.3) is 0 Å². The summed E-state index contributed by atoms with van der Waals surface area (Å²) in [5.74, 6) is -3.53. The number of rotatable bonds is 14. The molecule has 2 saturated carbocycles. The van der Waals surface area contributed by atoms with Gasteiger partial charge in [-0.15, -0.1) is 0 Å². The molecule has 2 fully saturated rings. The van der Waals surface area contributed by atoms with E-state index in [1.165, 1.54) is 0 Å². The Kier molecular flexibility index (Phi) is 10.7. The lowest BCUT2D eigenvalue weighted by molar-refractivity contribution is -0.168. The first-order valence-electron chi connectivity index (χ1n) is 11.9. The first-order chi connectivity index (χ1) is 16.8. The van der Waals surface area contributed by atoms with E-state index in [1.54, 1.807) is 0 Å². The number of hydroxylamine groups is 2. The highest BCUT2D eigenvalue weighted by Gasteiger charge is 2.59. The van der Waals surface area contributed by atoms with E-state index in [9.17, 15) is 28.8 Å². The van der Waals surface area contributed by atoms with E-state index in [4.69, 9.17) is 9.68 Å². The number of allylic oxidation sites excluding steroid dienone is 2. The van der Waals surface area contributed by atoms with Gasteiger partial charge in [0, 0.05) is 11.8 Å². The van der Waals surface area contributed by atoms with Gasteiger partial charge in [0.2, 0.25) is 0 Å². The Morgan fingerprint density at radius 2 is 1.14 bits per heavy atom. The second-order valence-corrected chi connectivity index (χ2v) is 9.12. The fourth-order valence-corrected chi connectivity index (χ4v) is 5.77. The van der Waals surface area contributed by atoms with E-state index < -0.39 is 34.5 Å². The first kappa shape index (κ1) is 28.3. The summed E-state index contributed by atoms with van der Waals surface area (Å²) in [6.45, 7) is 6.40. The van der Waals surface area contributed by atoms with Crippen molar-refractivity contribution in [1.29, 1.82) is 0 Å². The van der Waals surface area contributed by atoms with Gasteiger partial charge >= 0.3 is 0 Å². The molecule has 0 spiro atoms. The molecular weight excluding hydrogens is 456 g/mol. The van der Waals surface area contributed by atoms with Gasteiger partial charge in [0.05, 0.1) is 10.8 Å². The number of amides is 2. The molecule has 35 heavy (non-hydrogen) atoms. The number of carbonyl (C=O) groups excluding carboxylic acids is 6. The van der Waals surface area contributed by atoms with Gasteiger partial charge in [0.1, 0.15) is 25.8 Å². The SMILES string of the molecule is C=CC(=O)C1CCCCC1(CC1(C(=O)NOCC=O)CCCCC1C(=O)C=C)C(=O)NOCC=O. The highest BCUT2D eigenvalue weighted by atomic mass is 16.7. The molecule has 2 N–H and O–H groups in total. The summed E-state index contributed by atoms with van der Waals surface area (Å²) in [4.78, 5) is 84.6. The standard InChI is InChI=1S/C25H34N2O8/c1-3-20(30)18-9-5-7-11-24(18,22(32)26-34-15-13-28)17-25(23(33)27-35-16-14-29)12-8-6-10-19(25)21(31)4-2/h3-4,13-14,18-19H,1-2,5-12,15-17H2,(H,26,32)(H,27,33). The molecule has 0 saturated heterocycles. The number of aldehydes is 2. The third-order valence-electron chi connectivity index (χ3n) is 7.32. The summed E-state index contributed by atoms with van der Waals surface area (Å²) < 4.78 is 0. The molecule has 0 bridgehead atoms. The van der Waals surface area contributed by atoms with Gasteiger partial charge in [-0.1, -0.05) is 38.8 Å². The Morgan fingerprint density at radius 3 is 1.49 bits per heavy atom. The quantitative estimate of drug-likeness (QED) is 0.162. The molecule has 10 heteroatoms. The summed E-state index contributed by atoms with van der Waals surface area (Å²) >= 11 is 0. The van der Waals surface area contributed by atoms with Gasteiger partial charge in [0.15, 0.2) is 11.6 Å². The highest BCUT2D eigenvalue weighted by molar-refractivity contribution is 5.99. The first-order valence-corrected chi connectivity index (χ1v) is 11.9. The number of carbonyl (C=O) groups is 6. The Bertz CT molecular complexity index is 788. The molecule has 4 unspecified atom stereocenters. The number of nitrogens with one attached hydrogen (secondary N) is 2. The third kappa shape index (κ3) is 6.18. The second kappa shape index (κ2) is 13.2. The summed E-state index contributed by atoms with van der Waals surface area (Å²) in [6.07, 6.45) is 7.10. The maximum atomic E-state index is 13.6. The molecule has 2 aliphatic carbocycles. The summed E-state index contributed by atoms with van der Waals surface area (Å²) in [7, 11) is 0. The van der Waals surface area contributed by atoms with Crippen molar-refractivity contribution < 1.29 is 38.4 Å². The van der Waals surface area contributed by atoms with Crippen LogP contribution in [0.1, 0.15) is 57.8 Å². The van der Waals surface area contributed by atoms with Crippen LogP contribution in [0, 0.1) is 22.7 Å². The number of hydrogen-bond donors (Lipinski definition) is 2. The van der Waals surface area contributed by atoms with Crippen molar-refractivity contribution in [3.63, 3.8) is 0 Å². The van der Waals surface area contributed by atoms with Gasteiger partial charge in [0.25, 0.3) is 11.8 Å². The van der Waals surface area contributed by atoms with Crippen LogP contribution in [0.2, 0.25) is 0 Å². The van der Waals surface area contributed by atoms with E-state index in [2.05, 4.69) is 24.1 Å². The Morgan fingerprint density at radius 1 is 0.743 bits per heavy atom. The molecule has 2 aliphatic rings. The average Bonchev–Trinajstić information content (AvgIpc) is 2.88. The molecule has 0 aliphatic heterocycles. The number of ketones is 2. The maximum absolute atomic E-state index is 13.6. The van der Waals surface area contributed by atoms with Gasteiger partial charge in [-0.05, 0) is 44.3 Å². The van der Waals surface area contributed by atoms with Crippen molar-refractivity contribution in [3.05, 3.63) is 25.3 Å². The Hall–Kier alpha value is -2.98. The van der Waals surface area contributed by atoms with E-state index in [1.807, 2.05) is 0 Å². The summed E-state index contributed by atoms with van der Waals surface area (Å²) in [5.41, 5.74) is 1.78. The van der Waals surface area contributed by atoms with Crippen LogP contribution < -0.4 is 11.0 Å². The molecule has 10 nitrogen and oxygen atoms in total. The molecule has 2 amide bonds. The zero-order valence-electron chi connectivity index (χ0n) is 19.9. The molecule has 0 aromatic heterocycles. The van der Waals surface area contributed by atoms with Crippen molar-refractivity contribution >= 4 is 36.0 Å². The zero-order valence-corrected chi connectivity index (χ0v) is 19.9. The fourth-order valence-electron chi connectivity index (χ4n) is 5.77. The van der Waals surface area contributed by atoms with Crippen molar-refractivity contribution in [3.8, 4) is 0 Å². The average molecular weight is 491 g/mol. The summed E-state index contributed by atoms with van der Waals surface area (Å²) in [6, 6.07) is 0. The predicted octanol–water partition coefficient (Wildman–Crippen LogP) is 1.73. The van der Waals surface area contributed by atoms with Gasteiger partial charge in [-0.3, -0.25) is 28.9 Å². The lowest BCUT2D eigenvalue weighted by Crippen LogP contribution is -2.58. The monoisotopic (exact) mass is 490 g/mol. The lowest BCUT2D eigenvalue weighted by Gasteiger charge is -2.50. The number of hydrogen-bond acceptors (Lipinski definition) is 8. The molecule has 192 valence electrons. The molecular formula is C25H34N2O8. The van der Waals surface area contributed by atoms with Crippen LogP contribution >= 0.6 is 0 Å². The van der Waals surface area contributed by atoms with Crippen LogP contribution in [-0.2, 0) is 38.4 Å². The fraction of sp³-hybridized carbons (Fsp3) is 0.600. The van der Waals surface area contributed by atoms with E-state index in [-0.39, 0.29) is 44.0 Å². The van der Waals surface area contributed by atoms with Gasteiger partial charge in [-0.25, -0.2) is 11.0 Å². The predicted molar refractivity (Wildman–Crippen MR) is 124 cm³/mol.